The van der Waals surface area contributed by atoms with Crippen molar-refractivity contribution >= 4 is 34.2 Å². The quantitative estimate of drug-likeness (QED) is 0.657. The SMILES string of the molecule is NC(=O)c1ccc(Oc2cccc(I)c2)c(N)c1. The highest BCUT2D eigenvalue weighted by Gasteiger charge is 2.06. The zero-order valence-electron chi connectivity index (χ0n) is 9.39. The molecule has 5 heteroatoms. The molecule has 2 rings (SSSR count). The van der Waals surface area contributed by atoms with Gasteiger partial charge in [-0.15, -0.1) is 0 Å². The van der Waals surface area contributed by atoms with Crippen molar-refractivity contribution in [2.75, 3.05) is 5.73 Å². The van der Waals surface area contributed by atoms with E-state index in [9.17, 15) is 4.79 Å². The molecule has 4 nitrogen and oxygen atoms in total. The van der Waals surface area contributed by atoms with Crippen molar-refractivity contribution in [1.29, 1.82) is 0 Å². The number of anilines is 1. The fourth-order valence-corrected chi connectivity index (χ4v) is 1.97. The molecule has 0 aliphatic heterocycles. The maximum Gasteiger partial charge on any atom is 0.248 e. The van der Waals surface area contributed by atoms with Crippen LogP contribution in [0.4, 0.5) is 5.69 Å². The second-order valence-corrected chi connectivity index (χ2v) is 4.92. The number of amides is 1. The van der Waals surface area contributed by atoms with Gasteiger partial charge >= 0.3 is 0 Å². The Balaban J connectivity index is 2.27. The molecule has 92 valence electrons. The number of ether oxygens (including phenoxy) is 1. The predicted octanol–water partition coefficient (Wildman–Crippen LogP) is 2.76. The standard InChI is InChI=1S/C13H11IN2O2/c14-9-2-1-3-10(7-9)18-12-5-4-8(13(16)17)6-11(12)15/h1-7H,15H2,(H2,16,17). The first kappa shape index (κ1) is 12.7. The largest absolute Gasteiger partial charge is 0.455 e. The van der Waals surface area contributed by atoms with Crippen LogP contribution in [0.15, 0.2) is 42.5 Å². The van der Waals surface area contributed by atoms with Crippen molar-refractivity contribution in [2.24, 2.45) is 5.73 Å². The molecule has 0 aliphatic carbocycles. The average Bonchev–Trinajstić information content (AvgIpc) is 2.31. The van der Waals surface area contributed by atoms with E-state index in [2.05, 4.69) is 22.6 Å². The Morgan fingerprint density at radius 3 is 2.56 bits per heavy atom. The van der Waals surface area contributed by atoms with Crippen LogP contribution in [0.25, 0.3) is 0 Å². The van der Waals surface area contributed by atoms with E-state index in [0.717, 1.165) is 3.57 Å². The monoisotopic (exact) mass is 354 g/mol. The van der Waals surface area contributed by atoms with Crippen LogP contribution in [0, 0.1) is 3.57 Å². The summed E-state index contributed by atoms with van der Waals surface area (Å²) in [5.41, 5.74) is 11.7. The number of carbonyl (C=O) groups is 1. The molecule has 0 fully saturated rings. The van der Waals surface area contributed by atoms with Crippen molar-refractivity contribution in [3.8, 4) is 11.5 Å². The second-order valence-electron chi connectivity index (χ2n) is 3.68. The molecule has 2 aromatic rings. The summed E-state index contributed by atoms with van der Waals surface area (Å²) >= 11 is 2.20. The zero-order chi connectivity index (χ0) is 13.1. The third-order valence-corrected chi connectivity index (χ3v) is 2.99. The molecule has 0 aromatic heterocycles. The predicted molar refractivity (Wildman–Crippen MR) is 78.6 cm³/mol. The van der Waals surface area contributed by atoms with E-state index < -0.39 is 5.91 Å². The van der Waals surface area contributed by atoms with Gasteiger partial charge in [-0.25, -0.2) is 0 Å². The van der Waals surface area contributed by atoms with Gasteiger partial charge < -0.3 is 16.2 Å². The van der Waals surface area contributed by atoms with Gasteiger partial charge in [0.2, 0.25) is 5.91 Å². The topological polar surface area (TPSA) is 78.3 Å². The van der Waals surface area contributed by atoms with Gasteiger partial charge in [0, 0.05) is 9.13 Å². The zero-order valence-corrected chi connectivity index (χ0v) is 11.5. The Morgan fingerprint density at radius 1 is 1.17 bits per heavy atom. The maximum atomic E-state index is 11.0. The summed E-state index contributed by atoms with van der Waals surface area (Å²) in [6.07, 6.45) is 0. The number of hydrogen-bond donors (Lipinski definition) is 2. The van der Waals surface area contributed by atoms with Crippen molar-refractivity contribution in [2.45, 2.75) is 0 Å². The fraction of sp³-hybridized carbons (Fsp3) is 0. The molecule has 0 saturated carbocycles. The van der Waals surface area contributed by atoms with Crippen molar-refractivity contribution in [3.05, 3.63) is 51.6 Å². The second kappa shape index (κ2) is 5.26. The molecule has 0 saturated heterocycles. The molecule has 1 amide bonds. The van der Waals surface area contributed by atoms with Crippen LogP contribution in [0.5, 0.6) is 11.5 Å². The summed E-state index contributed by atoms with van der Waals surface area (Å²) in [5.74, 6) is 0.685. The highest BCUT2D eigenvalue weighted by Crippen LogP contribution is 2.28. The molecule has 0 radical (unpaired) electrons. The lowest BCUT2D eigenvalue weighted by molar-refractivity contribution is 0.100. The van der Waals surface area contributed by atoms with E-state index >= 15 is 0 Å². The molecule has 2 aromatic carbocycles. The first-order valence-electron chi connectivity index (χ1n) is 5.19. The Morgan fingerprint density at radius 2 is 1.94 bits per heavy atom. The number of hydrogen-bond acceptors (Lipinski definition) is 3. The number of benzene rings is 2. The van der Waals surface area contributed by atoms with Gasteiger partial charge in [0.05, 0.1) is 5.69 Å². The van der Waals surface area contributed by atoms with Crippen LogP contribution in [-0.2, 0) is 0 Å². The first-order chi connectivity index (χ1) is 8.56. The van der Waals surface area contributed by atoms with Crippen molar-refractivity contribution in [3.63, 3.8) is 0 Å². The van der Waals surface area contributed by atoms with E-state index in [1.54, 1.807) is 12.1 Å². The Hall–Kier alpha value is -1.76. The fourth-order valence-electron chi connectivity index (χ4n) is 1.45. The Kier molecular flexibility index (Phi) is 3.71. The van der Waals surface area contributed by atoms with Crippen LogP contribution in [-0.4, -0.2) is 5.91 Å². The molecule has 0 spiro atoms. The van der Waals surface area contributed by atoms with Gasteiger partial charge in [0.15, 0.2) is 0 Å². The van der Waals surface area contributed by atoms with Gasteiger partial charge in [-0.05, 0) is 59.0 Å². The lowest BCUT2D eigenvalue weighted by Crippen LogP contribution is -2.11. The van der Waals surface area contributed by atoms with Crippen LogP contribution in [0.2, 0.25) is 0 Å². The summed E-state index contributed by atoms with van der Waals surface area (Å²) in [5, 5.41) is 0. The molecule has 0 bridgehead atoms. The minimum absolute atomic E-state index is 0.363. The molecule has 0 heterocycles. The Labute approximate surface area is 118 Å². The number of halogens is 1. The van der Waals surface area contributed by atoms with Gasteiger partial charge in [0.25, 0.3) is 0 Å². The molecule has 0 atom stereocenters. The first-order valence-corrected chi connectivity index (χ1v) is 6.27. The maximum absolute atomic E-state index is 11.0. The molecular weight excluding hydrogens is 343 g/mol. The summed E-state index contributed by atoms with van der Waals surface area (Å²) in [4.78, 5) is 11.0. The molecule has 0 aliphatic rings. The summed E-state index contributed by atoms with van der Waals surface area (Å²) < 4.78 is 6.71. The molecule has 18 heavy (non-hydrogen) atoms. The third-order valence-electron chi connectivity index (χ3n) is 2.32. The van der Waals surface area contributed by atoms with E-state index in [1.165, 1.54) is 6.07 Å². The van der Waals surface area contributed by atoms with E-state index in [1.807, 2.05) is 24.3 Å². The number of rotatable bonds is 3. The lowest BCUT2D eigenvalue weighted by atomic mass is 10.2. The van der Waals surface area contributed by atoms with Crippen LogP contribution in [0.1, 0.15) is 10.4 Å². The molecule has 4 N–H and O–H groups in total. The molecule has 0 unspecified atom stereocenters. The highest BCUT2D eigenvalue weighted by atomic mass is 127. The number of nitrogen functional groups attached to an aromatic ring is 1. The number of carbonyl (C=O) groups excluding carboxylic acids is 1. The van der Waals surface area contributed by atoms with Crippen molar-refractivity contribution < 1.29 is 9.53 Å². The minimum Gasteiger partial charge on any atom is -0.455 e. The number of primary amides is 1. The van der Waals surface area contributed by atoms with Crippen LogP contribution < -0.4 is 16.2 Å². The van der Waals surface area contributed by atoms with Gasteiger partial charge in [-0.3, -0.25) is 4.79 Å². The van der Waals surface area contributed by atoms with Crippen molar-refractivity contribution in [1.82, 2.24) is 0 Å². The summed E-state index contributed by atoms with van der Waals surface area (Å²) in [7, 11) is 0. The highest BCUT2D eigenvalue weighted by molar-refractivity contribution is 14.1. The minimum atomic E-state index is -0.512. The summed E-state index contributed by atoms with van der Waals surface area (Å²) in [6, 6.07) is 12.3. The molecular formula is C13H11IN2O2. The van der Waals surface area contributed by atoms with Gasteiger partial charge in [-0.1, -0.05) is 6.07 Å². The van der Waals surface area contributed by atoms with Crippen LogP contribution >= 0.6 is 22.6 Å². The number of nitrogens with two attached hydrogens (primary N) is 2. The lowest BCUT2D eigenvalue weighted by Gasteiger charge is -2.09. The van der Waals surface area contributed by atoms with E-state index in [-0.39, 0.29) is 0 Å². The summed E-state index contributed by atoms with van der Waals surface area (Å²) in [6.45, 7) is 0. The normalized spacial score (nSPS) is 10.1. The third kappa shape index (κ3) is 2.92. The smallest absolute Gasteiger partial charge is 0.248 e. The Bertz CT molecular complexity index is 599. The van der Waals surface area contributed by atoms with Crippen LogP contribution in [0.3, 0.4) is 0 Å². The van der Waals surface area contributed by atoms with Gasteiger partial charge in [0.1, 0.15) is 11.5 Å². The average molecular weight is 354 g/mol. The van der Waals surface area contributed by atoms with E-state index in [4.69, 9.17) is 16.2 Å². The van der Waals surface area contributed by atoms with E-state index in [0.29, 0.717) is 22.7 Å². The van der Waals surface area contributed by atoms with Gasteiger partial charge in [-0.2, -0.15) is 0 Å².